The molecule has 0 bridgehead atoms. The number of nitro benzene ring substituents is 1. The molecule has 6 heteroatoms. The summed E-state index contributed by atoms with van der Waals surface area (Å²) in [5.41, 5.74) is 6.72. The molecule has 114 valence electrons. The van der Waals surface area contributed by atoms with E-state index in [0.29, 0.717) is 23.6 Å². The summed E-state index contributed by atoms with van der Waals surface area (Å²) >= 11 is 0. The van der Waals surface area contributed by atoms with Gasteiger partial charge in [0.1, 0.15) is 0 Å². The largest absolute Gasteiger partial charge is 0.348 e. The molecule has 0 aromatic heterocycles. The van der Waals surface area contributed by atoms with Crippen LogP contribution in [0.25, 0.3) is 0 Å². The molecule has 1 fully saturated rings. The molecule has 6 nitrogen and oxygen atoms in total. The van der Waals surface area contributed by atoms with Gasteiger partial charge in [-0.1, -0.05) is 12.8 Å². The molecule has 0 spiro atoms. The van der Waals surface area contributed by atoms with Crippen molar-refractivity contribution in [3.05, 3.63) is 39.4 Å². The Labute approximate surface area is 123 Å². The van der Waals surface area contributed by atoms with Crippen LogP contribution in [0.4, 0.5) is 5.69 Å². The van der Waals surface area contributed by atoms with E-state index in [-0.39, 0.29) is 17.6 Å². The predicted molar refractivity (Wildman–Crippen MR) is 80.1 cm³/mol. The van der Waals surface area contributed by atoms with Crippen LogP contribution in [0.3, 0.4) is 0 Å². The molecule has 1 aliphatic carbocycles. The van der Waals surface area contributed by atoms with Crippen LogP contribution in [-0.4, -0.2) is 23.4 Å². The van der Waals surface area contributed by atoms with Gasteiger partial charge in [0.15, 0.2) is 0 Å². The van der Waals surface area contributed by atoms with Crippen LogP contribution >= 0.6 is 0 Å². The maximum Gasteiger partial charge on any atom is 0.272 e. The van der Waals surface area contributed by atoms with Gasteiger partial charge in [-0.15, -0.1) is 0 Å². The highest BCUT2D eigenvalue weighted by Gasteiger charge is 2.25. The molecule has 1 aliphatic rings. The summed E-state index contributed by atoms with van der Waals surface area (Å²) in [6.45, 7) is 2.05. The number of nitrogens with two attached hydrogens (primary N) is 1. The monoisotopic (exact) mass is 291 g/mol. The number of hydrogen-bond donors (Lipinski definition) is 2. The second-order valence-electron chi connectivity index (χ2n) is 5.62. The van der Waals surface area contributed by atoms with Crippen LogP contribution in [0.1, 0.15) is 41.6 Å². The van der Waals surface area contributed by atoms with Gasteiger partial charge in [-0.05, 0) is 37.8 Å². The van der Waals surface area contributed by atoms with E-state index in [1.165, 1.54) is 25.0 Å². The van der Waals surface area contributed by atoms with E-state index in [9.17, 15) is 14.9 Å². The quantitative estimate of drug-likeness (QED) is 0.641. The number of nitrogens with zero attached hydrogens (tertiary/aromatic N) is 1. The average Bonchev–Trinajstić information content (AvgIpc) is 2.97. The molecule has 1 unspecified atom stereocenters. The van der Waals surface area contributed by atoms with Gasteiger partial charge in [-0.25, -0.2) is 0 Å². The lowest BCUT2D eigenvalue weighted by Crippen LogP contribution is -2.44. The fourth-order valence-corrected chi connectivity index (χ4v) is 2.98. The molecule has 0 heterocycles. The molecule has 1 atom stereocenters. The van der Waals surface area contributed by atoms with Gasteiger partial charge in [0.25, 0.3) is 11.6 Å². The highest BCUT2D eigenvalue weighted by atomic mass is 16.6. The minimum Gasteiger partial charge on any atom is -0.348 e. The topological polar surface area (TPSA) is 98.3 Å². The van der Waals surface area contributed by atoms with Crippen LogP contribution < -0.4 is 11.1 Å². The summed E-state index contributed by atoms with van der Waals surface area (Å²) in [7, 11) is 0. The lowest BCUT2D eigenvalue weighted by atomic mass is 9.97. The number of nitrogens with one attached hydrogen (secondary N) is 1. The van der Waals surface area contributed by atoms with Crippen molar-refractivity contribution in [1.29, 1.82) is 0 Å². The first-order chi connectivity index (χ1) is 10.0. The molecule has 1 saturated carbocycles. The Morgan fingerprint density at radius 2 is 2.14 bits per heavy atom. The lowest BCUT2D eigenvalue weighted by molar-refractivity contribution is -0.385. The van der Waals surface area contributed by atoms with Crippen LogP contribution in [0.15, 0.2) is 18.2 Å². The molecule has 0 radical (unpaired) electrons. The molecular weight excluding hydrogens is 270 g/mol. The van der Waals surface area contributed by atoms with Crippen molar-refractivity contribution in [1.82, 2.24) is 5.32 Å². The molecule has 1 aromatic rings. The van der Waals surface area contributed by atoms with E-state index < -0.39 is 4.92 Å². The van der Waals surface area contributed by atoms with Crippen molar-refractivity contribution in [3.8, 4) is 0 Å². The Bertz CT molecular complexity index is 539. The third-order valence-corrected chi connectivity index (χ3v) is 4.19. The SMILES string of the molecule is Cc1cc(C(=O)NC(CN)C2CCCC2)ccc1[N+](=O)[O-]. The summed E-state index contributed by atoms with van der Waals surface area (Å²) in [6.07, 6.45) is 4.57. The maximum atomic E-state index is 12.3. The number of amides is 1. The number of carbonyl (C=O) groups excluding carboxylic acids is 1. The van der Waals surface area contributed by atoms with Gasteiger partial charge in [-0.3, -0.25) is 14.9 Å². The van der Waals surface area contributed by atoms with Crippen molar-refractivity contribution in [2.45, 2.75) is 38.6 Å². The van der Waals surface area contributed by atoms with Crippen molar-refractivity contribution >= 4 is 11.6 Å². The normalized spacial score (nSPS) is 16.7. The molecule has 1 aromatic carbocycles. The lowest BCUT2D eigenvalue weighted by Gasteiger charge is -2.23. The Kier molecular flexibility index (Phi) is 4.90. The highest BCUT2D eigenvalue weighted by molar-refractivity contribution is 5.95. The first-order valence-electron chi connectivity index (χ1n) is 7.29. The molecule has 2 rings (SSSR count). The van der Waals surface area contributed by atoms with Crippen molar-refractivity contribution < 1.29 is 9.72 Å². The number of aryl methyl sites for hydroxylation is 1. The Morgan fingerprint density at radius 1 is 1.48 bits per heavy atom. The molecule has 0 aliphatic heterocycles. The van der Waals surface area contributed by atoms with Crippen LogP contribution in [0, 0.1) is 23.0 Å². The molecule has 21 heavy (non-hydrogen) atoms. The van der Waals surface area contributed by atoms with Crippen LogP contribution in [0.5, 0.6) is 0 Å². The molecule has 1 amide bonds. The number of carbonyl (C=O) groups is 1. The van der Waals surface area contributed by atoms with Crippen molar-refractivity contribution in [3.63, 3.8) is 0 Å². The smallest absolute Gasteiger partial charge is 0.272 e. The van der Waals surface area contributed by atoms with E-state index in [2.05, 4.69) is 5.32 Å². The van der Waals surface area contributed by atoms with E-state index in [4.69, 9.17) is 5.73 Å². The summed E-state index contributed by atoms with van der Waals surface area (Å²) in [5, 5.41) is 13.8. The number of rotatable bonds is 5. The van der Waals surface area contributed by atoms with E-state index in [1.807, 2.05) is 0 Å². The Hall–Kier alpha value is -1.95. The summed E-state index contributed by atoms with van der Waals surface area (Å²) in [6, 6.07) is 4.39. The fraction of sp³-hybridized carbons (Fsp3) is 0.533. The van der Waals surface area contributed by atoms with Gasteiger partial charge in [0, 0.05) is 29.8 Å². The number of nitro groups is 1. The van der Waals surface area contributed by atoms with E-state index in [1.54, 1.807) is 13.0 Å². The third-order valence-electron chi connectivity index (χ3n) is 4.19. The molecule has 0 saturated heterocycles. The number of benzene rings is 1. The van der Waals surface area contributed by atoms with E-state index in [0.717, 1.165) is 12.8 Å². The molecular formula is C15H21N3O3. The Morgan fingerprint density at radius 3 is 2.67 bits per heavy atom. The summed E-state index contributed by atoms with van der Waals surface area (Å²) in [4.78, 5) is 22.6. The zero-order chi connectivity index (χ0) is 15.4. The van der Waals surface area contributed by atoms with Gasteiger partial charge in [-0.2, -0.15) is 0 Å². The predicted octanol–water partition coefficient (Wildman–Crippen LogP) is 2.15. The van der Waals surface area contributed by atoms with E-state index >= 15 is 0 Å². The summed E-state index contributed by atoms with van der Waals surface area (Å²) in [5.74, 6) is 0.230. The Balaban J connectivity index is 2.08. The third kappa shape index (κ3) is 3.58. The zero-order valence-corrected chi connectivity index (χ0v) is 12.2. The standard InChI is InChI=1S/C15H21N3O3/c1-10-8-12(6-7-14(10)18(20)21)15(19)17-13(9-16)11-4-2-3-5-11/h6-8,11,13H,2-5,9,16H2,1H3,(H,17,19). The number of hydrogen-bond acceptors (Lipinski definition) is 4. The maximum absolute atomic E-state index is 12.3. The van der Waals surface area contributed by atoms with Gasteiger partial charge in [0.05, 0.1) is 4.92 Å². The van der Waals surface area contributed by atoms with Gasteiger partial charge < -0.3 is 11.1 Å². The van der Waals surface area contributed by atoms with Crippen molar-refractivity contribution in [2.24, 2.45) is 11.7 Å². The highest BCUT2D eigenvalue weighted by Crippen LogP contribution is 2.27. The minimum atomic E-state index is -0.446. The van der Waals surface area contributed by atoms with Crippen molar-refractivity contribution in [2.75, 3.05) is 6.54 Å². The van der Waals surface area contributed by atoms with Crippen LogP contribution in [-0.2, 0) is 0 Å². The van der Waals surface area contributed by atoms with Gasteiger partial charge >= 0.3 is 0 Å². The second kappa shape index (κ2) is 6.67. The first-order valence-corrected chi connectivity index (χ1v) is 7.29. The average molecular weight is 291 g/mol. The first kappa shape index (κ1) is 15.4. The summed E-state index contributed by atoms with van der Waals surface area (Å²) < 4.78 is 0. The minimum absolute atomic E-state index is 0.0181. The second-order valence-corrected chi connectivity index (χ2v) is 5.62. The van der Waals surface area contributed by atoms with Crippen LogP contribution in [0.2, 0.25) is 0 Å². The fourth-order valence-electron chi connectivity index (χ4n) is 2.98. The van der Waals surface area contributed by atoms with Gasteiger partial charge in [0.2, 0.25) is 0 Å². The zero-order valence-electron chi connectivity index (χ0n) is 12.2. The molecule has 3 N–H and O–H groups in total.